The Labute approximate surface area is 155 Å². The largest absolute Gasteiger partial charge is 0.394 e. The van der Waals surface area contributed by atoms with Crippen LogP contribution in [0.2, 0.25) is 0 Å². The number of hydrogen-bond acceptors (Lipinski definition) is 5. The molecule has 1 fully saturated rings. The molecule has 1 aliphatic rings. The van der Waals surface area contributed by atoms with E-state index in [0.717, 1.165) is 23.5 Å². The molecule has 4 rings (SSSR count). The molecule has 1 aromatic carbocycles. The molecule has 1 amide bonds. The van der Waals surface area contributed by atoms with Crippen molar-refractivity contribution < 1.29 is 9.90 Å². The van der Waals surface area contributed by atoms with E-state index in [9.17, 15) is 4.79 Å². The number of likely N-dealkylation sites (tertiary alicyclic amines) is 1. The summed E-state index contributed by atoms with van der Waals surface area (Å²) in [5.41, 5.74) is 7.78. The van der Waals surface area contributed by atoms with E-state index >= 15 is 0 Å². The zero-order chi connectivity index (χ0) is 18.1. The molecule has 0 saturated carbocycles. The number of nitrogens with zero attached hydrogens (tertiary/aromatic N) is 3. The zero-order valence-corrected chi connectivity index (χ0v) is 15.2. The minimum Gasteiger partial charge on any atom is -0.394 e. The first-order chi connectivity index (χ1) is 12.6. The number of benzene rings is 1. The summed E-state index contributed by atoms with van der Waals surface area (Å²) in [6, 6.07) is 9.57. The van der Waals surface area contributed by atoms with E-state index in [4.69, 9.17) is 15.8 Å². The summed E-state index contributed by atoms with van der Waals surface area (Å²) in [7, 11) is 0. The topological polar surface area (TPSA) is 83.9 Å². The van der Waals surface area contributed by atoms with E-state index in [1.807, 2.05) is 17.6 Å². The van der Waals surface area contributed by atoms with Crippen LogP contribution in [0.25, 0.3) is 4.96 Å². The van der Waals surface area contributed by atoms with Gasteiger partial charge >= 0.3 is 0 Å². The number of piperidine rings is 1. The van der Waals surface area contributed by atoms with E-state index in [1.165, 1.54) is 5.56 Å². The van der Waals surface area contributed by atoms with Gasteiger partial charge in [0.2, 0.25) is 5.91 Å². The third-order valence-electron chi connectivity index (χ3n) is 5.35. The van der Waals surface area contributed by atoms with E-state index in [2.05, 4.69) is 34.9 Å². The van der Waals surface area contributed by atoms with Crippen molar-refractivity contribution in [3.05, 3.63) is 59.4 Å². The van der Waals surface area contributed by atoms with Gasteiger partial charge in [0.15, 0.2) is 4.96 Å². The lowest BCUT2D eigenvalue weighted by Gasteiger charge is -2.42. The fourth-order valence-corrected chi connectivity index (χ4v) is 4.53. The maximum atomic E-state index is 12.3. The Morgan fingerprint density at radius 1 is 1.31 bits per heavy atom. The van der Waals surface area contributed by atoms with Crippen LogP contribution >= 0.6 is 11.3 Å². The number of amides is 1. The van der Waals surface area contributed by atoms with Gasteiger partial charge in [0.1, 0.15) is 6.04 Å². The maximum absolute atomic E-state index is 12.3. The predicted molar refractivity (Wildman–Crippen MR) is 101 cm³/mol. The second-order valence-electron chi connectivity index (χ2n) is 6.78. The number of aromatic nitrogens is 2. The molecule has 7 heteroatoms. The Balaban J connectivity index is 1.68. The molecule has 2 aromatic heterocycles. The van der Waals surface area contributed by atoms with Crippen molar-refractivity contribution in [3.63, 3.8) is 0 Å². The first-order valence-corrected chi connectivity index (χ1v) is 9.65. The van der Waals surface area contributed by atoms with E-state index < -0.39 is 6.04 Å². The van der Waals surface area contributed by atoms with Crippen LogP contribution in [-0.2, 0) is 10.2 Å². The molecule has 0 radical (unpaired) electrons. The second kappa shape index (κ2) is 6.83. The molecule has 6 nitrogen and oxygen atoms in total. The number of carbonyl (C=O) groups is 1. The number of fused-ring (bicyclic) bond motifs is 1. The van der Waals surface area contributed by atoms with Gasteiger partial charge in [-0.05, 0) is 18.4 Å². The molecule has 26 heavy (non-hydrogen) atoms. The summed E-state index contributed by atoms with van der Waals surface area (Å²) in [6.07, 6.45) is 5.70. The second-order valence-corrected chi connectivity index (χ2v) is 7.65. The fraction of sp³-hybridized carbons (Fsp3) is 0.368. The first kappa shape index (κ1) is 17.2. The summed E-state index contributed by atoms with van der Waals surface area (Å²) >= 11 is 1.62. The van der Waals surface area contributed by atoms with Crippen LogP contribution in [0.1, 0.15) is 24.1 Å². The molecule has 0 bridgehead atoms. The van der Waals surface area contributed by atoms with Crippen molar-refractivity contribution in [1.82, 2.24) is 14.3 Å². The number of aliphatic hydroxyl groups excluding tert-OH is 1. The third kappa shape index (κ3) is 2.82. The number of carbonyl (C=O) groups excluding carboxylic acids is 1. The van der Waals surface area contributed by atoms with Crippen molar-refractivity contribution in [1.29, 1.82) is 0 Å². The molecule has 0 spiro atoms. The number of hydrogen-bond donors (Lipinski definition) is 2. The quantitative estimate of drug-likeness (QED) is 0.731. The van der Waals surface area contributed by atoms with Gasteiger partial charge in [-0.3, -0.25) is 9.20 Å². The normalized spacial score (nSPS) is 18.2. The third-order valence-corrected chi connectivity index (χ3v) is 6.12. The smallest absolute Gasteiger partial charge is 0.241 e. The van der Waals surface area contributed by atoms with Crippen LogP contribution < -0.4 is 5.73 Å². The molecule has 1 saturated heterocycles. The van der Waals surface area contributed by atoms with Crippen LogP contribution in [0.4, 0.5) is 0 Å². The molecular weight excluding hydrogens is 348 g/mol. The van der Waals surface area contributed by atoms with E-state index in [1.54, 1.807) is 16.2 Å². The Bertz CT molecular complexity index is 868. The van der Waals surface area contributed by atoms with Crippen LogP contribution in [0, 0.1) is 0 Å². The van der Waals surface area contributed by atoms with Gasteiger partial charge in [0.05, 0.1) is 12.3 Å². The monoisotopic (exact) mass is 370 g/mol. The lowest BCUT2D eigenvalue weighted by Crippen LogP contribution is -2.51. The zero-order valence-electron chi connectivity index (χ0n) is 14.4. The number of nitrogens with two attached hydrogens (primary N) is 1. The highest BCUT2D eigenvalue weighted by Crippen LogP contribution is 2.41. The fourth-order valence-electron chi connectivity index (χ4n) is 3.83. The van der Waals surface area contributed by atoms with Gasteiger partial charge in [-0.15, -0.1) is 11.3 Å². The number of thiazole rings is 1. The first-order valence-electron chi connectivity index (χ1n) is 8.77. The van der Waals surface area contributed by atoms with Crippen LogP contribution in [-0.4, -0.2) is 51.0 Å². The number of aliphatic hydroxyl groups is 1. The molecule has 136 valence electrons. The average Bonchev–Trinajstić information content (AvgIpc) is 3.30. The minimum absolute atomic E-state index is 0.181. The van der Waals surface area contributed by atoms with Crippen LogP contribution in [0.15, 0.2) is 48.1 Å². The number of imidazole rings is 1. The summed E-state index contributed by atoms with van der Waals surface area (Å²) in [5.74, 6) is -0.181. The van der Waals surface area contributed by atoms with Gasteiger partial charge < -0.3 is 15.7 Å². The predicted octanol–water partition coefficient (Wildman–Crippen LogP) is 1.62. The van der Waals surface area contributed by atoms with E-state index in [0.29, 0.717) is 13.1 Å². The minimum atomic E-state index is -0.836. The highest BCUT2D eigenvalue weighted by atomic mass is 32.1. The molecule has 3 N–H and O–H groups in total. The van der Waals surface area contributed by atoms with Gasteiger partial charge in [-0.2, -0.15) is 0 Å². The summed E-state index contributed by atoms with van der Waals surface area (Å²) in [5, 5.41) is 11.2. The standard InChI is InChI=1S/C19H22N4O2S/c20-15(13-24)17(25)22-8-6-19(7-9-22,14-4-2-1-3-5-14)16-12-23-10-11-26-18(23)21-16/h1-5,10-12,15,24H,6-9,13,20H2/t15-/m0/s1. The molecule has 1 atom stereocenters. The molecule has 3 heterocycles. The molecular formula is C19H22N4O2S. The lowest BCUT2D eigenvalue weighted by atomic mass is 9.70. The van der Waals surface area contributed by atoms with Gasteiger partial charge in [-0.25, -0.2) is 4.98 Å². The Kier molecular flexibility index (Phi) is 4.52. The van der Waals surface area contributed by atoms with Gasteiger partial charge in [0.25, 0.3) is 0 Å². The van der Waals surface area contributed by atoms with Crippen molar-refractivity contribution in [3.8, 4) is 0 Å². The maximum Gasteiger partial charge on any atom is 0.241 e. The summed E-state index contributed by atoms with van der Waals surface area (Å²) in [4.78, 5) is 20.0. The summed E-state index contributed by atoms with van der Waals surface area (Å²) in [6.45, 7) is 0.885. The molecule has 0 unspecified atom stereocenters. The number of rotatable bonds is 4. The lowest BCUT2D eigenvalue weighted by molar-refractivity contribution is -0.134. The Morgan fingerprint density at radius 2 is 2.04 bits per heavy atom. The van der Waals surface area contributed by atoms with Crippen molar-refractivity contribution in [2.45, 2.75) is 24.3 Å². The summed E-state index contributed by atoms with van der Waals surface area (Å²) < 4.78 is 2.06. The van der Waals surface area contributed by atoms with Gasteiger partial charge in [0, 0.05) is 36.3 Å². The van der Waals surface area contributed by atoms with Crippen molar-refractivity contribution in [2.75, 3.05) is 19.7 Å². The highest BCUT2D eigenvalue weighted by Gasteiger charge is 2.41. The van der Waals surface area contributed by atoms with E-state index in [-0.39, 0.29) is 17.9 Å². The highest BCUT2D eigenvalue weighted by molar-refractivity contribution is 7.15. The Morgan fingerprint density at radius 3 is 2.69 bits per heavy atom. The molecule has 0 aliphatic carbocycles. The van der Waals surface area contributed by atoms with Crippen molar-refractivity contribution in [2.24, 2.45) is 5.73 Å². The SMILES string of the molecule is N[C@@H](CO)C(=O)N1CCC(c2ccccc2)(c2cn3ccsc3n2)CC1. The molecule has 1 aliphatic heterocycles. The average molecular weight is 370 g/mol. The molecule has 3 aromatic rings. The van der Waals surface area contributed by atoms with Crippen LogP contribution in [0.3, 0.4) is 0 Å². The van der Waals surface area contributed by atoms with Gasteiger partial charge in [-0.1, -0.05) is 30.3 Å². The van der Waals surface area contributed by atoms with Crippen molar-refractivity contribution >= 4 is 22.2 Å². The van der Waals surface area contributed by atoms with Crippen LogP contribution in [0.5, 0.6) is 0 Å². The Hall–Kier alpha value is -2.22.